The van der Waals surface area contributed by atoms with Crippen molar-refractivity contribution in [1.82, 2.24) is 9.78 Å². The number of halogens is 1. The molecule has 0 aliphatic rings. The lowest BCUT2D eigenvalue weighted by molar-refractivity contribution is 0.101. The van der Waals surface area contributed by atoms with Crippen molar-refractivity contribution in [3.05, 3.63) is 16.4 Å². The Labute approximate surface area is 90.0 Å². The van der Waals surface area contributed by atoms with Gasteiger partial charge in [-0.3, -0.25) is 9.48 Å². The molecule has 13 heavy (non-hydrogen) atoms. The second-order valence-corrected chi connectivity index (χ2v) is 4.23. The molecule has 0 saturated heterocycles. The Kier molecular flexibility index (Phi) is 3.99. The van der Waals surface area contributed by atoms with Crippen LogP contribution in [0.25, 0.3) is 0 Å². The van der Waals surface area contributed by atoms with Gasteiger partial charge in [0.25, 0.3) is 0 Å². The zero-order valence-electron chi connectivity index (χ0n) is 7.58. The Morgan fingerprint density at radius 3 is 3.00 bits per heavy atom. The molecular weight excluding hydrogens is 252 g/mol. The minimum Gasteiger partial charge on any atom is -0.291 e. The molecule has 1 rings (SSSR count). The third kappa shape index (κ3) is 2.34. The van der Waals surface area contributed by atoms with Crippen molar-refractivity contribution >= 4 is 33.5 Å². The van der Waals surface area contributed by atoms with E-state index in [1.54, 1.807) is 10.9 Å². The van der Waals surface area contributed by atoms with Crippen molar-refractivity contribution in [1.29, 1.82) is 0 Å². The van der Waals surface area contributed by atoms with E-state index in [0.29, 0.717) is 11.4 Å². The molecule has 0 atom stereocenters. The first-order valence-electron chi connectivity index (χ1n) is 3.94. The fraction of sp³-hybridized carbons (Fsp3) is 0.500. The predicted molar refractivity (Wildman–Crippen MR) is 58.3 cm³/mol. The van der Waals surface area contributed by atoms with Crippen LogP contribution in [0.1, 0.15) is 17.4 Å². The first-order valence-corrected chi connectivity index (χ1v) is 6.12. The van der Waals surface area contributed by atoms with Gasteiger partial charge in [-0.2, -0.15) is 16.9 Å². The summed E-state index contributed by atoms with van der Waals surface area (Å²) in [7, 11) is 0. The van der Waals surface area contributed by atoms with Crippen LogP contribution in [0.5, 0.6) is 0 Å². The molecular formula is C8H11BrN2OS. The summed E-state index contributed by atoms with van der Waals surface area (Å²) in [5.74, 6) is 0.628. The molecule has 0 fully saturated rings. The van der Waals surface area contributed by atoms with Crippen LogP contribution in [0, 0.1) is 0 Å². The van der Waals surface area contributed by atoms with Gasteiger partial charge in [-0.25, -0.2) is 0 Å². The number of rotatable bonds is 4. The Morgan fingerprint density at radius 2 is 2.46 bits per heavy atom. The summed E-state index contributed by atoms with van der Waals surface area (Å²) < 4.78 is 2.50. The highest BCUT2D eigenvalue weighted by atomic mass is 79.9. The Morgan fingerprint density at radius 1 is 1.77 bits per heavy atom. The summed E-state index contributed by atoms with van der Waals surface area (Å²) in [5.41, 5.74) is 0.678. The van der Waals surface area contributed by atoms with Gasteiger partial charge in [0.2, 0.25) is 0 Å². The second-order valence-electron chi connectivity index (χ2n) is 2.51. The first kappa shape index (κ1) is 10.8. The van der Waals surface area contributed by atoms with Crippen LogP contribution in [0.4, 0.5) is 0 Å². The average molecular weight is 263 g/mol. The molecule has 0 amide bonds. The van der Waals surface area contributed by atoms with E-state index in [-0.39, 0.29) is 5.78 Å². The van der Waals surface area contributed by atoms with Crippen LogP contribution in [-0.2, 0) is 6.54 Å². The third-order valence-corrected chi connectivity index (χ3v) is 2.77. The fourth-order valence-corrected chi connectivity index (χ4v) is 2.00. The maximum absolute atomic E-state index is 11.6. The van der Waals surface area contributed by atoms with Crippen molar-refractivity contribution in [3.8, 4) is 0 Å². The van der Waals surface area contributed by atoms with Gasteiger partial charge in [-0.1, -0.05) is 0 Å². The standard InChI is InChI=1S/C8H11BrN2OS/c1-3-11-8(6(9)4-10-11)7(12)5-13-2/h4H,3,5H2,1-2H3. The normalized spacial score (nSPS) is 10.4. The smallest absolute Gasteiger partial charge is 0.191 e. The Bertz CT molecular complexity index is 311. The number of carbonyl (C=O) groups is 1. The van der Waals surface area contributed by atoms with Gasteiger partial charge < -0.3 is 0 Å². The molecule has 1 aromatic rings. The van der Waals surface area contributed by atoms with Crippen molar-refractivity contribution in [2.24, 2.45) is 0 Å². The minimum atomic E-state index is 0.124. The highest BCUT2D eigenvalue weighted by molar-refractivity contribution is 9.10. The Hall–Kier alpha value is -0.290. The summed E-state index contributed by atoms with van der Waals surface area (Å²) in [6, 6.07) is 0. The average Bonchev–Trinajstić information content (AvgIpc) is 2.47. The van der Waals surface area contributed by atoms with E-state index in [9.17, 15) is 4.79 Å². The number of hydrogen-bond acceptors (Lipinski definition) is 3. The van der Waals surface area contributed by atoms with E-state index in [0.717, 1.165) is 11.0 Å². The van der Waals surface area contributed by atoms with Crippen molar-refractivity contribution in [2.75, 3.05) is 12.0 Å². The molecule has 5 heteroatoms. The summed E-state index contributed by atoms with van der Waals surface area (Å²) in [5, 5.41) is 4.08. The number of ketones is 1. The monoisotopic (exact) mass is 262 g/mol. The number of thioether (sulfide) groups is 1. The summed E-state index contributed by atoms with van der Waals surface area (Å²) in [4.78, 5) is 11.6. The fourth-order valence-electron chi connectivity index (χ4n) is 1.08. The van der Waals surface area contributed by atoms with Crippen LogP contribution < -0.4 is 0 Å². The van der Waals surface area contributed by atoms with Crippen LogP contribution >= 0.6 is 27.7 Å². The highest BCUT2D eigenvalue weighted by Gasteiger charge is 2.15. The van der Waals surface area contributed by atoms with Gasteiger partial charge in [0.15, 0.2) is 5.78 Å². The number of carbonyl (C=O) groups excluding carboxylic acids is 1. The largest absolute Gasteiger partial charge is 0.291 e. The molecule has 0 aromatic carbocycles. The number of hydrogen-bond donors (Lipinski definition) is 0. The molecule has 72 valence electrons. The summed E-state index contributed by atoms with van der Waals surface area (Å²) in [6.07, 6.45) is 3.58. The topological polar surface area (TPSA) is 34.9 Å². The number of nitrogens with zero attached hydrogens (tertiary/aromatic N) is 2. The van der Waals surface area contributed by atoms with Crippen molar-refractivity contribution < 1.29 is 4.79 Å². The third-order valence-electron chi connectivity index (χ3n) is 1.63. The molecule has 0 saturated carbocycles. The van der Waals surface area contributed by atoms with Gasteiger partial charge in [0.05, 0.1) is 16.4 Å². The highest BCUT2D eigenvalue weighted by Crippen LogP contribution is 2.17. The first-order chi connectivity index (χ1) is 6.20. The number of aromatic nitrogens is 2. The van der Waals surface area contributed by atoms with Crippen LogP contribution in [-0.4, -0.2) is 27.6 Å². The van der Waals surface area contributed by atoms with Gasteiger partial charge in [0, 0.05) is 6.54 Å². The van der Waals surface area contributed by atoms with E-state index in [2.05, 4.69) is 21.0 Å². The molecule has 0 bridgehead atoms. The van der Waals surface area contributed by atoms with Crippen LogP contribution in [0.2, 0.25) is 0 Å². The SMILES string of the molecule is CCn1ncc(Br)c1C(=O)CSC. The molecule has 1 aromatic heterocycles. The lowest BCUT2D eigenvalue weighted by Gasteiger charge is -2.02. The second kappa shape index (κ2) is 4.81. The quantitative estimate of drug-likeness (QED) is 0.781. The molecule has 0 aliphatic heterocycles. The molecule has 1 heterocycles. The Balaban J connectivity index is 2.96. The molecule has 0 aliphatic carbocycles. The van der Waals surface area contributed by atoms with Gasteiger partial charge in [0.1, 0.15) is 5.69 Å². The molecule has 0 spiro atoms. The molecule has 3 nitrogen and oxygen atoms in total. The zero-order chi connectivity index (χ0) is 9.84. The number of aryl methyl sites for hydroxylation is 1. The summed E-state index contributed by atoms with van der Waals surface area (Å²) >= 11 is 4.84. The van der Waals surface area contributed by atoms with Gasteiger partial charge >= 0.3 is 0 Å². The van der Waals surface area contributed by atoms with Crippen LogP contribution in [0.15, 0.2) is 10.7 Å². The number of Topliss-reactive ketones (excluding diaryl/α,β-unsaturated/α-hetero) is 1. The molecule has 0 N–H and O–H groups in total. The van der Waals surface area contributed by atoms with Gasteiger partial charge in [-0.15, -0.1) is 0 Å². The van der Waals surface area contributed by atoms with E-state index >= 15 is 0 Å². The predicted octanol–water partition coefficient (Wildman–Crippen LogP) is 2.21. The molecule has 0 radical (unpaired) electrons. The lowest BCUT2D eigenvalue weighted by Crippen LogP contribution is -2.11. The lowest BCUT2D eigenvalue weighted by atomic mass is 10.3. The van der Waals surface area contributed by atoms with Crippen molar-refractivity contribution in [2.45, 2.75) is 13.5 Å². The van der Waals surface area contributed by atoms with E-state index in [1.807, 2.05) is 13.2 Å². The minimum absolute atomic E-state index is 0.124. The van der Waals surface area contributed by atoms with Gasteiger partial charge in [-0.05, 0) is 29.1 Å². The van der Waals surface area contributed by atoms with E-state index in [1.165, 1.54) is 11.8 Å². The van der Waals surface area contributed by atoms with Crippen molar-refractivity contribution in [3.63, 3.8) is 0 Å². The van der Waals surface area contributed by atoms with E-state index < -0.39 is 0 Å². The maximum Gasteiger partial charge on any atom is 0.191 e. The zero-order valence-corrected chi connectivity index (χ0v) is 9.98. The molecule has 0 unspecified atom stereocenters. The van der Waals surface area contributed by atoms with E-state index in [4.69, 9.17) is 0 Å². The maximum atomic E-state index is 11.6. The van der Waals surface area contributed by atoms with Crippen LogP contribution in [0.3, 0.4) is 0 Å². The summed E-state index contributed by atoms with van der Waals surface area (Å²) in [6.45, 7) is 2.69.